The first kappa shape index (κ1) is 26.3. The first-order valence-electron chi connectivity index (χ1n) is 14.1. The number of ether oxygens (including phenoxy) is 2. The largest absolute Gasteiger partial charge is 0.444 e. The minimum atomic E-state index is -0.504. The van der Waals surface area contributed by atoms with Crippen molar-refractivity contribution in [2.24, 2.45) is 17.3 Å². The molecule has 4 atom stereocenters. The summed E-state index contributed by atoms with van der Waals surface area (Å²) in [6.07, 6.45) is 2.97. The third-order valence-corrected chi connectivity index (χ3v) is 8.25. The number of fused-ring (bicyclic) bond motifs is 1. The average Bonchev–Trinajstić information content (AvgIpc) is 3.65. The van der Waals surface area contributed by atoms with Gasteiger partial charge in [0.25, 0.3) is 0 Å². The molecule has 2 aliphatic heterocycles. The zero-order valence-electron chi connectivity index (χ0n) is 23.5. The van der Waals surface area contributed by atoms with Gasteiger partial charge in [0.05, 0.1) is 0 Å². The Kier molecular flexibility index (Phi) is 6.74. The topological polar surface area (TPSA) is 62.3 Å². The van der Waals surface area contributed by atoms with E-state index in [0.29, 0.717) is 17.8 Å². The van der Waals surface area contributed by atoms with Crippen molar-refractivity contribution in [3.63, 3.8) is 0 Å². The van der Waals surface area contributed by atoms with E-state index in [1.807, 2.05) is 52.5 Å². The minimum Gasteiger partial charge on any atom is -0.444 e. The Hall–Kier alpha value is -2.28. The molecule has 7 nitrogen and oxygen atoms in total. The summed E-state index contributed by atoms with van der Waals surface area (Å²) in [6.45, 7) is 17.0. The first-order valence-corrected chi connectivity index (χ1v) is 14.1. The van der Waals surface area contributed by atoms with Crippen LogP contribution in [0.4, 0.5) is 9.59 Å². The van der Waals surface area contributed by atoms with Gasteiger partial charge >= 0.3 is 12.2 Å². The molecule has 0 bridgehead atoms. The molecule has 0 radical (unpaired) electrons. The Morgan fingerprint density at radius 1 is 0.919 bits per heavy atom. The molecule has 1 aromatic rings. The van der Waals surface area contributed by atoms with Gasteiger partial charge < -0.3 is 24.2 Å². The standard InChI is InChI=1S/C30H45N3O4/c1-28(2,3)36-26(34)32-17-22-15-31(16-23(22)18-32)19-30(12-13-30)20-33(27(35)37-29(4,5)6)25-14-24(25)21-10-8-7-9-11-21/h7-11,22-25H,12-20H2,1-6H3/t22?,23?,24?,25-/m0/s1. The number of amides is 2. The van der Waals surface area contributed by atoms with Gasteiger partial charge in [-0.1, -0.05) is 30.3 Å². The summed E-state index contributed by atoms with van der Waals surface area (Å²) in [6, 6.07) is 10.8. The molecular formula is C30H45N3O4. The van der Waals surface area contributed by atoms with E-state index in [4.69, 9.17) is 9.47 Å². The van der Waals surface area contributed by atoms with Gasteiger partial charge in [-0.2, -0.15) is 0 Å². The van der Waals surface area contributed by atoms with Gasteiger partial charge in [-0.25, -0.2) is 9.59 Å². The third-order valence-electron chi connectivity index (χ3n) is 8.25. The van der Waals surface area contributed by atoms with E-state index in [1.165, 1.54) is 5.56 Å². The van der Waals surface area contributed by atoms with Gasteiger partial charge in [0, 0.05) is 56.6 Å². The number of rotatable bonds is 6. The Bertz CT molecular complexity index is 980. The summed E-state index contributed by atoms with van der Waals surface area (Å²) in [5, 5.41) is 0. The van der Waals surface area contributed by atoms with Crippen molar-refractivity contribution in [2.45, 2.75) is 84.0 Å². The van der Waals surface area contributed by atoms with Crippen molar-refractivity contribution < 1.29 is 19.1 Å². The normalized spacial score (nSPS) is 28.5. The molecule has 2 heterocycles. The highest BCUT2D eigenvalue weighted by atomic mass is 16.6. The van der Waals surface area contributed by atoms with Crippen LogP contribution >= 0.6 is 0 Å². The van der Waals surface area contributed by atoms with Crippen molar-refractivity contribution >= 4 is 12.2 Å². The molecule has 2 saturated carbocycles. The van der Waals surface area contributed by atoms with Crippen molar-refractivity contribution in [1.82, 2.24) is 14.7 Å². The highest BCUT2D eigenvalue weighted by Crippen LogP contribution is 2.52. The molecule has 204 valence electrons. The fourth-order valence-electron chi connectivity index (χ4n) is 6.30. The van der Waals surface area contributed by atoms with Crippen molar-refractivity contribution in [1.29, 1.82) is 0 Å². The van der Waals surface area contributed by atoms with E-state index in [2.05, 4.69) is 34.1 Å². The maximum atomic E-state index is 13.4. The second-order valence-electron chi connectivity index (χ2n) is 14.0. The second-order valence-corrected chi connectivity index (χ2v) is 14.0. The Morgan fingerprint density at radius 2 is 1.51 bits per heavy atom. The van der Waals surface area contributed by atoms with Crippen LogP contribution in [0.25, 0.3) is 0 Å². The molecule has 37 heavy (non-hydrogen) atoms. The summed E-state index contributed by atoms with van der Waals surface area (Å²) in [4.78, 5) is 32.4. The van der Waals surface area contributed by atoms with Crippen LogP contribution in [-0.2, 0) is 9.47 Å². The molecule has 3 unspecified atom stereocenters. The molecular weight excluding hydrogens is 466 g/mol. The smallest absolute Gasteiger partial charge is 0.410 e. The molecule has 0 aromatic heterocycles. The fraction of sp³-hybridized carbons (Fsp3) is 0.733. The zero-order valence-corrected chi connectivity index (χ0v) is 23.5. The molecule has 4 aliphatic rings. The molecule has 0 N–H and O–H groups in total. The molecule has 2 amide bonds. The summed E-state index contributed by atoms with van der Waals surface area (Å²) >= 11 is 0. The predicted molar refractivity (Wildman–Crippen MR) is 143 cm³/mol. The lowest BCUT2D eigenvalue weighted by atomic mass is 10.0. The number of nitrogens with zero attached hydrogens (tertiary/aromatic N) is 3. The SMILES string of the molecule is CC(C)(C)OC(=O)N1CC2CN(CC3(CN(C(=O)OC(C)(C)C)[C@H]4CC4c4ccccc4)CC3)CC2C1. The third kappa shape index (κ3) is 6.42. The monoisotopic (exact) mass is 511 g/mol. The molecule has 5 rings (SSSR count). The lowest BCUT2D eigenvalue weighted by Gasteiger charge is -2.33. The van der Waals surface area contributed by atoms with Gasteiger partial charge in [-0.05, 0) is 78.2 Å². The Morgan fingerprint density at radius 3 is 2.05 bits per heavy atom. The lowest BCUT2D eigenvalue weighted by Crippen LogP contribution is -2.45. The van der Waals surface area contributed by atoms with Crippen LogP contribution < -0.4 is 0 Å². The number of likely N-dealkylation sites (tertiary alicyclic amines) is 2. The van der Waals surface area contributed by atoms with E-state index in [9.17, 15) is 9.59 Å². The van der Waals surface area contributed by atoms with E-state index in [-0.39, 0.29) is 23.6 Å². The molecule has 2 aliphatic carbocycles. The maximum Gasteiger partial charge on any atom is 0.410 e. The summed E-state index contributed by atoms with van der Waals surface area (Å²) in [5.74, 6) is 1.42. The predicted octanol–water partition coefficient (Wildman–Crippen LogP) is 5.36. The Balaban J connectivity index is 1.19. The van der Waals surface area contributed by atoms with E-state index >= 15 is 0 Å². The van der Waals surface area contributed by atoms with Crippen molar-refractivity contribution in [3.8, 4) is 0 Å². The summed E-state index contributed by atoms with van der Waals surface area (Å²) < 4.78 is 11.5. The zero-order chi connectivity index (χ0) is 26.6. The van der Waals surface area contributed by atoms with Gasteiger partial charge in [0.1, 0.15) is 11.2 Å². The van der Waals surface area contributed by atoms with Gasteiger partial charge in [0.2, 0.25) is 0 Å². The van der Waals surface area contributed by atoms with Crippen LogP contribution in [0.3, 0.4) is 0 Å². The molecule has 2 saturated heterocycles. The number of carbonyl (C=O) groups excluding carboxylic acids is 2. The van der Waals surface area contributed by atoms with Crippen LogP contribution in [0.15, 0.2) is 30.3 Å². The molecule has 4 fully saturated rings. The quantitative estimate of drug-likeness (QED) is 0.515. The van der Waals surface area contributed by atoms with E-state index in [0.717, 1.165) is 58.5 Å². The molecule has 7 heteroatoms. The molecule has 0 spiro atoms. The van der Waals surface area contributed by atoms with Crippen molar-refractivity contribution in [3.05, 3.63) is 35.9 Å². The average molecular weight is 512 g/mol. The van der Waals surface area contributed by atoms with Crippen LogP contribution in [0, 0.1) is 17.3 Å². The Labute approximate surface area is 222 Å². The van der Waals surface area contributed by atoms with Crippen LogP contribution in [-0.4, -0.2) is 83.4 Å². The van der Waals surface area contributed by atoms with E-state index in [1.54, 1.807) is 0 Å². The molecule has 1 aromatic carbocycles. The number of hydrogen-bond acceptors (Lipinski definition) is 5. The second kappa shape index (κ2) is 9.48. The van der Waals surface area contributed by atoms with Crippen LogP contribution in [0.2, 0.25) is 0 Å². The maximum absolute atomic E-state index is 13.4. The van der Waals surface area contributed by atoms with Gasteiger partial charge in [-0.15, -0.1) is 0 Å². The van der Waals surface area contributed by atoms with Gasteiger partial charge in [0.15, 0.2) is 0 Å². The summed E-state index contributed by atoms with van der Waals surface area (Å²) in [7, 11) is 0. The number of carbonyl (C=O) groups is 2. The van der Waals surface area contributed by atoms with Crippen LogP contribution in [0.1, 0.15) is 72.3 Å². The summed E-state index contributed by atoms with van der Waals surface area (Å²) in [5.41, 5.74) is 0.507. The minimum absolute atomic E-state index is 0.157. The highest BCUT2D eigenvalue weighted by Gasteiger charge is 2.54. The van der Waals surface area contributed by atoms with Crippen molar-refractivity contribution in [2.75, 3.05) is 39.3 Å². The van der Waals surface area contributed by atoms with Gasteiger partial charge in [-0.3, -0.25) is 0 Å². The number of benzene rings is 1. The van der Waals surface area contributed by atoms with Crippen LogP contribution in [0.5, 0.6) is 0 Å². The van der Waals surface area contributed by atoms with E-state index < -0.39 is 11.2 Å². The number of hydrogen-bond donors (Lipinski definition) is 0. The first-order chi connectivity index (χ1) is 17.3. The lowest BCUT2D eigenvalue weighted by molar-refractivity contribution is 0.0172. The highest BCUT2D eigenvalue weighted by molar-refractivity contribution is 5.70. The fourth-order valence-corrected chi connectivity index (χ4v) is 6.30.